The quantitative estimate of drug-likeness (QED) is 0.466. The van der Waals surface area contributed by atoms with E-state index in [0.717, 1.165) is 20.9 Å². The Kier molecular flexibility index (Phi) is 4.88. The summed E-state index contributed by atoms with van der Waals surface area (Å²) in [6.45, 7) is 0.471. The fourth-order valence-electron chi connectivity index (χ4n) is 3.62. The zero-order valence-electron chi connectivity index (χ0n) is 16.3. The second kappa shape index (κ2) is 7.72. The van der Waals surface area contributed by atoms with Crippen LogP contribution >= 0.6 is 22.9 Å². The van der Waals surface area contributed by atoms with Gasteiger partial charge in [-0.3, -0.25) is 0 Å². The first-order valence-corrected chi connectivity index (χ1v) is 10.7. The second-order valence-corrected chi connectivity index (χ2v) is 8.36. The van der Waals surface area contributed by atoms with Gasteiger partial charge in [0.25, 0.3) is 0 Å². The van der Waals surface area contributed by atoms with E-state index in [4.69, 9.17) is 21.1 Å². The minimum Gasteiger partial charge on any atom is -0.493 e. The highest BCUT2D eigenvalue weighted by Crippen LogP contribution is 2.44. The standard InChI is InChI=1S/C22H16ClN3O4S/c1-29-21(27)13-6-7-14-17(10-13)30-9-8-12-11-18(31-19(12)14)20-24-25-22(28)26(20)16-5-3-2-4-15(16)23/h2-7,10-11H,8-9H2,1H3,(H,25,28). The lowest BCUT2D eigenvalue weighted by atomic mass is 10.1. The van der Waals surface area contributed by atoms with Crippen molar-refractivity contribution in [1.82, 2.24) is 14.8 Å². The molecule has 2 aromatic heterocycles. The van der Waals surface area contributed by atoms with Crippen LogP contribution in [0.15, 0.2) is 53.3 Å². The average molecular weight is 454 g/mol. The van der Waals surface area contributed by atoms with Gasteiger partial charge in [-0.25, -0.2) is 19.3 Å². The molecule has 156 valence electrons. The number of ether oxygens (including phenoxy) is 2. The molecule has 3 heterocycles. The topological polar surface area (TPSA) is 86.2 Å². The normalized spacial score (nSPS) is 12.5. The van der Waals surface area contributed by atoms with E-state index in [1.54, 1.807) is 24.3 Å². The molecule has 31 heavy (non-hydrogen) atoms. The predicted octanol–water partition coefficient (Wildman–Crippen LogP) is 4.33. The minimum atomic E-state index is -0.414. The summed E-state index contributed by atoms with van der Waals surface area (Å²) in [5.74, 6) is 0.702. The van der Waals surface area contributed by atoms with Gasteiger partial charge in [-0.05, 0) is 42.0 Å². The van der Waals surface area contributed by atoms with Gasteiger partial charge in [0.05, 0.1) is 34.9 Å². The molecule has 1 aliphatic rings. The minimum absolute atomic E-state index is 0.363. The number of H-pyrrole nitrogens is 1. The molecule has 0 saturated carbocycles. The summed E-state index contributed by atoms with van der Waals surface area (Å²) < 4.78 is 12.2. The Morgan fingerprint density at radius 2 is 2.10 bits per heavy atom. The van der Waals surface area contributed by atoms with E-state index in [1.807, 2.05) is 24.3 Å². The molecule has 0 radical (unpaired) electrons. The number of para-hydroxylation sites is 1. The number of hydrogen-bond acceptors (Lipinski definition) is 6. The molecular weight excluding hydrogens is 438 g/mol. The van der Waals surface area contributed by atoms with Crippen LogP contribution in [-0.4, -0.2) is 34.5 Å². The van der Waals surface area contributed by atoms with Crippen molar-refractivity contribution in [3.63, 3.8) is 0 Å². The van der Waals surface area contributed by atoms with Crippen LogP contribution in [0.3, 0.4) is 0 Å². The van der Waals surface area contributed by atoms with Crippen LogP contribution in [0.4, 0.5) is 0 Å². The number of hydrogen-bond donors (Lipinski definition) is 1. The van der Waals surface area contributed by atoms with Crippen LogP contribution in [0.2, 0.25) is 5.02 Å². The summed E-state index contributed by atoms with van der Waals surface area (Å²) in [4.78, 5) is 26.3. The van der Waals surface area contributed by atoms with Crippen molar-refractivity contribution in [2.45, 2.75) is 6.42 Å². The van der Waals surface area contributed by atoms with E-state index in [1.165, 1.54) is 23.0 Å². The number of fused-ring (bicyclic) bond motifs is 3. The van der Waals surface area contributed by atoms with Gasteiger partial charge in [0.2, 0.25) is 0 Å². The van der Waals surface area contributed by atoms with Crippen molar-refractivity contribution >= 4 is 28.9 Å². The molecular formula is C22H16ClN3O4S. The number of halogens is 1. The number of aromatic amines is 1. The number of nitrogens with one attached hydrogen (secondary N) is 1. The molecule has 5 rings (SSSR count). The van der Waals surface area contributed by atoms with E-state index in [0.29, 0.717) is 40.9 Å². The lowest BCUT2D eigenvalue weighted by molar-refractivity contribution is 0.0600. The molecule has 0 unspecified atom stereocenters. The molecule has 2 aromatic carbocycles. The Balaban J connectivity index is 1.64. The van der Waals surface area contributed by atoms with Crippen LogP contribution < -0.4 is 10.4 Å². The monoisotopic (exact) mass is 453 g/mol. The maximum atomic E-state index is 12.5. The number of thiophene rings is 1. The summed E-state index contributed by atoms with van der Waals surface area (Å²) in [6, 6.07) is 14.4. The van der Waals surface area contributed by atoms with Crippen molar-refractivity contribution in [3.8, 4) is 32.6 Å². The molecule has 1 N–H and O–H groups in total. The van der Waals surface area contributed by atoms with Gasteiger partial charge in [-0.15, -0.1) is 11.3 Å². The first-order valence-electron chi connectivity index (χ1n) is 9.47. The Bertz CT molecular complexity index is 1370. The third-order valence-electron chi connectivity index (χ3n) is 5.07. The summed E-state index contributed by atoms with van der Waals surface area (Å²) in [6.07, 6.45) is 0.689. The number of methoxy groups -OCH3 is 1. The summed E-state index contributed by atoms with van der Waals surface area (Å²) in [5.41, 5.74) is 2.61. The number of carbonyl (C=O) groups excluding carboxylic acids is 1. The summed E-state index contributed by atoms with van der Waals surface area (Å²) in [7, 11) is 1.35. The van der Waals surface area contributed by atoms with Crippen molar-refractivity contribution < 1.29 is 14.3 Å². The molecule has 1 aliphatic heterocycles. The molecule has 0 saturated heterocycles. The largest absolute Gasteiger partial charge is 0.493 e. The second-order valence-electron chi connectivity index (χ2n) is 6.91. The van der Waals surface area contributed by atoms with Crippen LogP contribution in [0.25, 0.3) is 26.8 Å². The Morgan fingerprint density at radius 3 is 2.90 bits per heavy atom. The first-order chi connectivity index (χ1) is 15.1. The van der Waals surface area contributed by atoms with Gasteiger partial charge in [-0.1, -0.05) is 23.7 Å². The van der Waals surface area contributed by atoms with Gasteiger partial charge < -0.3 is 9.47 Å². The molecule has 9 heteroatoms. The Morgan fingerprint density at radius 1 is 1.26 bits per heavy atom. The van der Waals surface area contributed by atoms with Crippen molar-refractivity contribution in [2.75, 3.05) is 13.7 Å². The maximum Gasteiger partial charge on any atom is 0.348 e. The van der Waals surface area contributed by atoms with Gasteiger partial charge in [0.1, 0.15) is 5.75 Å². The molecule has 0 fully saturated rings. The highest BCUT2D eigenvalue weighted by Gasteiger charge is 2.24. The zero-order chi connectivity index (χ0) is 21.5. The van der Waals surface area contributed by atoms with Crippen LogP contribution in [0.1, 0.15) is 15.9 Å². The highest BCUT2D eigenvalue weighted by molar-refractivity contribution is 7.19. The van der Waals surface area contributed by atoms with E-state index >= 15 is 0 Å². The van der Waals surface area contributed by atoms with Gasteiger partial charge in [0.15, 0.2) is 5.82 Å². The lowest BCUT2D eigenvalue weighted by Crippen LogP contribution is -2.15. The number of rotatable bonds is 3. The predicted molar refractivity (Wildman–Crippen MR) is 118 cm³/mol. The first kappa shape index (κ1) is 19.6. The van der Waals surface area contributed by atoms with Crippen LogP contribution in [0, 0.1) is 0 Å². The number of nitrogens with zero attached hydrogens (tertiary/aromatic N) is 2. The number of benzene rings is 2. The van der Waals surface area contributed by atoms with E-state index in [9.17, 15) is 9.59 Å². The summed E-state index contributed by atoms with van der Waals surface area (Å²) >= 11 is 7.85. The van der Waals surface area contributed by atoms with E-state index in [2.05, 4.69) is 10.2 Å². The fraction of sp³-hybridized carbons (Fsp3) is 0.136. The fourth-order valence-corrected chi connectivity index (χ4v) is 5.06. The van der Waals surface area contributed by atoms with E-state index < -0.39 is 5.97 Å². The third kappa shape index (κ3) is 3.34. The van der Waals surface area contributed by atoms with Gasteiger partial charge in [-0.2, -0.15) is 5.10 Å². The van der Waals surface area contributed by atoms with Crippen LogP contribution in [0.5, 0.6) is 5.75 Å². The highest BCUT2D eigenvalue weighted by atomic mass is 35.5. The number of aromatic nitrogens is 3. The molecule has 7 nitrogen and oxygen atoms in total. The van der Waals surface area contributed by atoms with E-state index in [-0.39, 0.29) is 5.69 Å². The third-order valence-corrected chi connectivity index (χ3v) is 6.60. The van der Waals surface area contributed by atoms with Crippen molar-refractivity contribution in [1.29, 1.82) is 0 Å². The molecule has 4 aromatic rings. The molecule has 0 aliphatic carbocycles. The smallest absolute Gasteiger partial charge is 0.348 e. The van der Waals surface area contributed by atoms with Crippen LogP contribution in [-0.2, 0) is 11.2 Å². The van der Waals surface area contributed by atoms with Crippen molar-refractivity contribution in [3.05, 3.63) is 75.2 Å². The number of esters is 1. The SMILES string of the molecule is COC(=O)c1ccc2c(c1)OCCc1cc(-c3n[nH]c(=O)n3-c3ccccc3Cl)sc1-2. The van der Waals surface area contributed by atoms with Crippen molar-refractivity contribution in [2.24, 2.45) is 0 Å². The lowest BCUT2D eigenvalue weighted by Gasteiger charge is -2.09. The number of carbonyl (C=O) groups is 1. The van der Waals surface area contributed by atoms with Gasteiger partial charge >= 0.3 is 11.7 Å². The molecule has 0 bridgehead atoms. The molecule has 0 amide bonds. The van der Waals surface area contributed by atoms with Gasteiger partial charge in [0, 0.05) is 16.9 Å². The molecule has 0 spiro atoms. The molecule has 0 atom stereocenters. The summed E-state index contributed by atoms with van der Waals surface area (Å²) in [5, 5.41) is 7.25. The zero-order valence-corrected chi connectivity index (χ0v) is 17.9. The Hall–Kier alpha value is -3.36. The average Bonchev–Trinajstić information content (AvgIpc) is 3.32. The Labute approximate surface area is 185 Å². The maximum absolute atomic E-state index is 12.5.